The number of carboxylic acids is 1. The van der Waals surface area contributed by atoms with Crippen molar-refractivity contribution in [3.63, 3.8) is 0 Å². The Balaban J connectivity index is 3.73. The van der Waals surface area contributed by atoms with Gasteiger partial charge in [0, 0.05) is 24.6 Å². The summed E-state index contributed by atoms with van der Waals surface area (Å²) in [6.07, 6.45) is 0. The first-order valence-electron chi connectivity index (χ1n) is 4.94. The number of hydrogen-bond acceptors (Lipinski definition) is 6. The third-order valence-electron chi connectivity index (χ3n) is 2.06. The minimum absolute atomic E-state index is 0.0268. The molecule has 0 aliphatic heterocycles. The highest BCUT2D eigenvalue weighted by Gasteiger charge is 2.14. The minimum Gasteiger partial charge on any atom is -0.480 e. The van der Waals surface area contributed by atoms with Gasteiger partial charge in [0.1, 0.15) is 11.8 Å². The summed E-state index contributed by atoms with van der Waals surface area (Å²) in [5.74, 6) is -0.228. The van der Waals surface area contributed by atoms with E-state index in [0.29, 0.717) is 18.8 Å². The van der Waals surface area contributed by atoms with Gasteiger partial charge in [0.25, 0.3) is 0 Å². The normalized spacial score (nSPS) is 14.4. The third kappa shape index (κ3) is 6.37. The number of carboxylic acid groups (broad SMARTS) is 1. The Morgan fingerprint density at radius 3 is 1.88 bits per heavy atom. The van der Waals surface area contributed by atoms with Crippen LogP contribution in [0.15, 0.2) is 0 Å². The second kappa shape index (κ2) is 8.86. The van der Waals surface area contributed by atoms with Crippen molar-refractivity contribution < 1.29 is 14.7 Å². The molecule has 16 heavy (non-hydrogen) atoms. The largest absolute Gasteiger partial charge is 0.480 e. The van der Waals surface area contributed by atoms with E-state index in [1.54, 1.807) is 0 Å². The molecule has 0 saturated carbocycles. The molecule has 0 aromatic rings. The lowest BCUT2D eigenvalue weighted by Gasteiger charge is -2.15. The molecule has 0 radical (unpaired) electrons. The van der Waals surface area contributed by atoms with E-state index in [1.807, 2.05) is 0 Å². The fourth-order valence-electron chi connectivity index (χ4n) is 1.06. The van der Waals surface area contributed by atoms with Crippen molar-refractivity contribution in [1.82, 2.24) is 10.6 Å². The van der Waals surface area contributed by atoms with Gasteiger partial charge in [0.15, 0.2) is 0 Å². The number of carbonyl (C=O) groups excluding carboxylic acids is 1. The lowest BCUT2D eigenvalue weighted by atomic mass is 10.2. The molecular formula is C9H18N2O3S2. The topological polar surface area (TPSA) is 78.4 Å². The zero-order valence-corrected chi connectivity index (χ0v) is 10.9. The van der Waals surface area contributed by atoms with Crippen LogP contribution in [0.5, 0.6) is 0 Å². The Kier molecular flexibility index (Phi) is 8.73. The molecule has 0 fully saturated rings. The van der Waals surface area contributed by atoms with Gasteiger partial charge in [-0.05, 0) is 6.92 Å². The number of carbonyl (C=O) groups is 2. The predicted octanol–water partition coefficient (Wildman–Crippen LogP) is -0.564. The fourth-order valence-corrected chi connectivity index (χ4v) is 1.73. The van der Waals surface area contributed by atoms with E-state index in [-0.39, 0.29) is 17.6 Å². The molecule has 0 spiro atoms. The summed E-state index contributed by atoms with van der Waals surface area (Å²) >= 11 is 7.96. The standard InChI is InChI=1S/C9H18N2O3S2/c1-6(12)7(4-15)10-2-3-11-8(5-16)9(13)14/h7-8,10-11,15-16H,2-5H2,1H3,(H,13,14). The highest BCUT2D eigenvalue weighted by molar-refractivity contribution is 7.80. The summed E-state index contributed by atoms with van der Waals surface area (Å²) in [6.45, 7) is 2.48. The van der Waals surface area contributed by atoms with Crippen LogP contribution in [0.4, 0.5) is 0 Å². The lowest BCUT2D eigenvalue weighted by molar-refractivity contribution is -0.138. The van der Waals surface area contributed by atoms with Crippen LogP contribution in [0.25, 0.3) is 0 Å². The average molecular weight is 266 g/mol. The predicted molar refractivity (Wildman–Crippen MR) is 69.6 cm³/mol. The number of hydrogen-bond donors (Lipinski definition) is 5. The molecule has 0 aromatic carbocycles. The summed E-state index contributed by atoms with van der Waals surface area (Å²) in [6, 6.07) is -0.929. The Morgan fingerprint density at radius 2 is 1.56 bits per heavy atom. The van der Waals surface area contributed by atoms with Crippen molar-refractivity contribution in [2.45, 2.75) is 19.0 Å². The van der Waals surface area contributed by atoms with Crippen molar-refractivity contribution in [3.8, 4) is 0 Å². The zero-order valence-electron chi connectivity index (χ0n) is 9.14. The first kappa shape index (κ1) is 15.8. The summed E-state index contributed by atoms with van der Waals surface area (Å²) in [5, 5.41) is 14.5. The van der Waals surface area contributed by atoms with Crippen LogP contribution >= 0.6 is 25.3 Å². The number of aliphatic carboxylic acids is 1. The highest BCUT2D eigenvalue weighted by atomic mass is 32.1. The summed E-state index contributed by atoms with van der Waals surface area (Å²) < 4.78 is 0. The molecule has 0 amide bonds. The Hall–Kier alpha value is -0.240. The molecule has 2 unspecified atom stereocenters. The molecule has 7 heteroatoms. The van der Waals surface area contributed by atoms with Gasteiger partial charge in [-0.3, -0.25) is 9.59 Å². The Bertz CT molecular complexity index is 215. The number of ketones is 1. The summed E-state index contributed by atoms with van der Waals surface area (Å²) in [7, 11) is 0. The Labute approximate surface area is 106 Å². The van der Waals surface area contributed by atoms with Crippen molar-refractivity contribution in [1.29, 1.82) is 0 Å². The van der Waals surface area contributed by atoms with E-state index in [9.17, 15) is 9.59 Å². The van der Waals surface area contributed by atoms with Gasteiger partial charge in [-0.25, -0.2) is 0 Å². The van der Waals surface area contributed by atoms with Gasteiger partial charge in [-0.15, -0.1) is 0 Å². The van der Waals surface area contributed by atoms with E-state index in [1.165, 1.54) is 6.92 Å². The molecule has 0 heterocycles. The molecule has 0 aliphatic carbocycles. The van der Waals surface area contributed by atoms with Gasteiger partial charge in [0.2, 0.25) is 0 Å². The van der Waals surface area contributed by atoms with E-state index in [2.05, 4.69) is 35.9 Å². The smallest absolute Gasteiger partial charge is 0.321 e. The summed E-state index contributed by atoms with van der Waals surface area (Å²) in [5.41, 5.74) is 0. The molecule has 3 N–H and O–H groups in total. The zero-order chi connectivity index (χ0) is 12.6. The molecular weight excluding hydrogens is 248 g/mol. The molecule has 0 aromatic heterocycles. The van der Waals surface area contributed by atoms with Crippen LogP contribution in [0.3, 0.4) is 0 Å². The van der Waals surface area contributed by atoms with E-state index >= 15 is 0 Å². The first-order valence-corrected chi connectivity index (χ1v) is 6.21. The van der Waals surface area contributed by atoms with Gasteiger partial charge in [-0.2, -0.15) is 25.3 Å². The monoisotopic (exact) mass is 266 g/mol. The SMILES string of the molecule is CC(=O)C(CS)NCCNC(CS)C(=O)O. The van der Waals surface area contributed by atoms with Crippen LogP contribution in [-0.2, 0) is 9.59 Å². The molecule has 0 aliphatic rings. The van der Waals surface area contributed by atoms with Crippen molar-refractivity contribution >= 4 is 37.0 Å². The molecule has 0 saturated heterocycles. The van der Waals surface area contributed by atoms with Crippen molar-refractivity contribution in [3.05, 3.63) is 0 Å². The van der Waals surface area contributed by atoms with E-state index < -0.39 is 12.0 Å². The minimum atomic E-state index is -0.924. The second-order valence-electron chi connectivity index (χ2n) is 3.33. The number of Topliss-reactive ketones (excluding diaryl/α,β-unsaturated/α-hetero) is 1. The van der Waals surface area contributed by atoms with Crippen LogP contribution in [0, 0.1) is 0 Å². The maximum Gasteiger partial charge on any atom is 0.321 e. The van der Waals surface area contributed by atoms with Gasteiger partial charge in [0.05, 0.1) is 6.04 Å². The molecule has 0 bridgehead atoms. The van der Waals surface area contributed by atoms with E-state index in [4.69, 9.17) is 5.11 Å². The van der Waals surface area contributed by atoms with Crippen LogP contribution < -0.4 is 10.6 Å². The number of thiol groups is 2. The number of nitrogens with one attached hydrogen (secondary N) is 2. The third-order valence-corrected chi connectivity index (χ3v) is 2.79. The van der Waals surface area contributed by atoms with Crippen LogP contribution in [-0.4, -0.2) is 53.5 Å². The summed E-state index contributed by atoms with van der Waals surface area (Å²) in [4.78, 5) is 21.7. The first-order chi connectivity index (χ1) is 7.52. The molecule has 2 atom stereocenters. The maximum absolute atomic E-state index is 11.0. The van der Waals surface area contributed by atoms with Crippen molar-refractivity contribution in [2.75, 3.05) is 24.6 Å². The molecule has 0 rings (SSSR count). The second-order valence-corrected chi connectivity index (χ2v) is 4.06. The Morgan fingerprint density at radius 1 is 1.12 bits per heavy atom. The van der Waals surface area contributed by atoms with E-state index in [0.717, 1.165) is 0 Å². The van der Waals surface area contributed by atoms with Gasteiger partial charge >= 0.3 is 5.97 Å². The van der Waals surface area contributed by atoms with Crippen LogP contribution in [0.2, 0.25) is 0 Å². The van der Waals surface area contributed by atoms with Gasteiger partial charge < -0.3 is 15.7 Å². The van der Waals surface area contributed by atoms with Gasteiger partial charge in [-0.1, -0.05) is 0 Å². The molecule has 5 nitrogen and oxygen atoms in total. The molecule has 94 valence electrons. The van der Waals surface area contributed by atoms with Crippen molar-refractivity contribution in [2.24, 2.45) is 0 Å². The van der Waals surface area contributed by atoms with Crippen LogP contribution in [0.1, 0.15) is 6.92 Å². The number of rotatable bonds is 9. The average Bonchev–Trinajstić information content (AvgIpc) is 2.22. The lowest BCUT2D eigenvalue weighted by Crippen LogP contribution is -2.45. The fraction of sp³-hybridized carbons (Fsp3) is 0.778. The maximum atomic E-state index is 11.0. The quantitative estimate of drug-likeness (QED) is 0.285. The highest BCUT2D eigenvalue weighted by Crippen LogP contribution is 1.90.